The third-order valence-electron chi connectivity index (χ3n) is 7.76. The van der Waals surface area contributed by atoms with Gasteiger partial charge in [0, 0.05) is 17.7 Å². The van der Waals surface area contributed by atoms with Gasteiger partial charge in [-0.3, -0.25) is 4.79 Å². The van der Waals surface area contributed by atoms with Crippen LogP contribution in [0.15, 0.2) is 78.2 Å². The summed E-state index contributed by atoms with van der Waals surface area (Å²) < 4.78 is 5.23. The number of nitriles is 1. The second-order valence-corrected chi connectivity index (χ2v) is 10.7. The van der Waals surface area contributed by atoms with Crippen LogP contribution >= 0.6 is 11.3 Å². The molecule has 1 N–H and O–H groups in total. The van der Waals surface area contributed by atoms with Crippen LogP contribution in [-0.4, -0.2) is 18.0 Å². The lowest BCUT2D eigenvalue weighted by Gasteiger charge is -2.54. The van der Waals surface area contributed by atoms with E-state index in [4.69, 9.17) is 9.72 Å². The fraction of sp³-hybridized carbons (Fsp3) is 0.233. The Morgan fingerprint density at radius 3 is 2.33 bits per heavy atom. The minimum Gasteiger partial charge on any atom is -0.497 e. The Balaban J connectivity index is 1.31. The quantitative estimate of drug-likeness (QED) is 0.369. The van der Waals surface area contributed by atoms with Crippen LogP contribution in [0.25, 0.3) is 0 Å². The van der Waals surface area contributed by atoms with Crippen molar-refractivity contribution < 1.29 is 9.53 Å². The van der Waals surface area contributed by atoms with Crippen molar-refractivity contribution in [2.75, 3.05) is 12.4 Å². The van der Waals surface area contributed by atoms with Crippen LogP contribution in [-0.2, 0) is 16.6 Å². The molecule has 5 nitrogen and oxygen atoms in total. The van der Waals surface area contributed by atoms with Crippen molar-refractivity contribution in [2.45, 2.75) is 31.1 Å². The lowest BCUT2D eigenvalue weighted by atomic mass is 9.47. The van der Waals surface area contributed by atoms with Crippen molar-refractivity contribution >= 4 is 22.4 Å². The minimum atomic E-state index is -0.851. The van der Waals surface area contributed by atoms with Crippen LogP contribution in [0.1, 0.15) is 52.8 Å². The zero-order chi connectivity index (χ0) is 24.9. The number of nitrogens with one attached hydrogen (secondary N) is 1. The number of amides is 1. The monoisotopic (exact) mass is 491 g/mol. The molecule has 7 rings (SSSR count). The highest BCUT2D eigenvalue weighted by Gasteiger charge is 2.61. The summed E-state index contributed by atoms with van der Waals surface area (Å²) in [5, 5.41) is 16.2. The normalized spacial score (nSPS) is 23.3. The van der Waals surface area contributed by atoms with Gasteiger partial charge in [0.2, 0.25) is 5.91 Å². The molecule has 178 valence electrons. The Morgan fingerprint density at radius 1 is 1.08 bits per heavy atom. The number of carbonyl (C=O) groups excluding carboxylic acids is 1. The van der Waals surface area contributed by atoms with Crippen molar-refractivity contribution in [3.8, 4) is 11.8 Å². The summed E-state index contributed by atoms with van der Waals surface area (Å²) >= 11 is 1.43. The van der Waals surface area contributed by atoms with Crippen LogP contribution in [0.5, 0.6) is 5.75 Å². The van der Waals surface area contributed by atoms with Gasteiger partial charge in [0.1, 0.15) is 11.2 Å². The van der Waals surface area contributed by atoms with E-state index in [0.29, 0.717) is 18.0 Å². The molecule has 1 aromatic heterocycles. The Labute approximate surface area is 214 Å². The predicted molar refractivity (Wildman–Crippen MR) is 140 cm³/mol. The summed E-state index contributed by atoms with van der Waals surface area (Å²) in [4.78, 5) is 18.6. The molecule has 4 aromatic rings. The maximum absolute atomic E-state index is 13.9. The predicted octanol–water partition coefficient (Wildman–Crippen LogP) is 6.05. The molecule has 0 saturated carbocycles. The van der Waals surface area contributed by atoms with Crippen molar-refractivity contribution in [3.05, 3.63) is 112 Å². The third-order valence-corrected chi connectivity index (χ3v) is 8.57. The molecule has 1 heterocycles. The van der Waals surface area contributed by atoms with E-state index in [9.17, 15) is 10.1 Å². The lowest BCUT2D eigenvalue weighted by Crippen LogP contribution is -2.53. The van der Waals surface area contributed by atoms with Crippen LogP contribution in [0.3, 0.4) is 0 Å². The van der Waals surface area contributed by atoms with Gasteiger partial charge in [0.05, 0.1) is 24.3 Å². The molecule has 0 radical (unpaired) electrons. The Bertz CT molecular complexity index is 1470. The highest BCUT2D eigenvalue weighted by Crippen LogP contribution is 2.63. The average Bonchev–Trinajstić information content (AvgIpc) is 3.35. The molecule has 0 spiro atoms. The number of methoxy groups -OCH3 is 1. The zero-order valence-corrected chi connectivity index (χ0v) is 20.9. The number of nitrogens with zero attached hydrogens (tertiary/aromatic N) is 2. The number of rotatable bonds is 5. The number of thiazole rings is 1. The van der Waals surface area contributed by atoms with Gasteiger partial charge >= 0.3 is 0 Å². The van der Waals surface area contributed by atoms with Crippen LogP contribution in [0.2, 0.25) is 0 Å². The van der Waals surface area contributed by atoms with Crippen molar-refractivity contribution in [1.29, 1.82) is 5.26 Å². The fourth-order valence-electron chi connectivity index (χ4n) is 6.13. The largest absolute Gasteiger partial charge is 0.497 e. The van der Waals surface area contributed by atoms with E-state index in [-0.39, 0.29) is 11.8 Å². The first kappa shape index (κ1) is 22.5. The van der Waals surface area contributed by atoms with Crippen molar-refractivity contribution in [1.82, 2.24) is 4.98 Å². The molecule has 3 aliphatic rings. The second-order valence-electron chi connectivity index (χ2n) is 9.84. The number of fused-ring (bicyclic) bond motifs is 1. The van der Waals surface area contributed by atoms with Gasteiger partial charge in [-0.1, -0.05) is 60.7 Å². The fourth-order valence-corrected chi connectivity index (χ4v) is 6.83. The molecule has 1 unspecified atom stereocenters. The maximum atomic E-state index is 13.9. The highest BCUT2D eigenvalue weighted by molar-refractivity contribution is 7.13. The van der Waals surface area contributed by atoms with E-state index in [1.807, 2.05) is 73.0 Å². The molecule has 1 amide bonds. The third kappa shape index (κ3) is 3.27. The van der Waals surface area contributed by atoms with E-state index in [0.717, 1.165) is 39.3 Å². The highest BCUT2D eigenvalue weighted by atomic mass is 32.1. The number of anilines is 1. The molecule has 3 aromatic carbocycles. The number of hydrogen-bond acceptors (Lipinski definition) is 5. The smallest absolute Gasteiger partial charge is 0.233 e. The summed E-state index contributed by atoms with van der Waals surface area (Å²) in [6, 6.07) is 26.7. The first-order valence-corrected chi connectivity index (χ1v) is 12.9. The number of ether oxygens (including phenoxy) is 1. The number of benzene rings is 3. The molecule has 36 heavy (non-hydrogen) atoms. The maximum Gasteiger partial charge on any atom is 0.233 e. The van der Waals surface area contributed by atoms with E-state index >= 15 is 0 Å². The van der Waals surface area contributed by atoms with E-state index in [2.05, 4.69) is 23.5 Å². The van der Waals surface area contributed by atoms with Crippen molar-refractivity contribution in [3.63, 3.8) is 0 Å². The van der Waals surface area contributed by atoms with Gasteiger partial charge in [-0.15, -0.1) is 11.3 Å². The molecule has 3 aliphatic carbocycles. The van der Waals surface area contributed by atoms with Crippen molar-refractivity contribution in [2.24, 2.45) is 5.41 Å². The topological polar surface area (TPSA) is 75.0 Å². The van der Waals surface area contributed by atoms with Gasteiger partial charge in [0.25, 0.3) is 0 Å². The standard InChI is InChI=1S/C30H25N3O2S/c1-29(27(34)33-28-32-20(16-36-28)15-19-11-13-21(35-2)14-12-19)17-30(18-31)24-9-5-3-7-22(24)26(29)23-8-4-6-10-25(23)30/h3-14,16,26H,15,17H2,1-2H3,(H,32,33,34). The van der Waals surface area contributed by atoms with Gasteiger partial charge in [-0.25, -0.2) is 4.98 Å². The number of hydrogen-bond donors (Lipinski definition) is 1. The zero-order valence-electron chi connectivity index (χ0n) is 20.1. The Hall–Kier alpha value is -3.95. The number of carbonyl (C=O) groups is 1. The van der Waals surface area contributed by atoms with Gasteiger partial charge < -0.3 is 10.1 Å². The first-order valence-electron chi connectivity index (χ1n) is 12.0. The van der Waals surface area contributed by atoms with Crippen LogP contribution in [0.4, 0.5) is 5.13 Å². The Morgan fingerprint density at radius 2 is 1.72 bits per heavy atom. The average molecular weight is 492 g/mol. The summed E-state index contributed by atoms with van der Waals surface area (Å²) in [6.45, 7) is 2.00. The molecule has 2 bridgehead atoms. The van der Waals surface area contributed by atoms with E-state index < -0.39 is 10.8 Å². The van der Waals surface area contributed by atoms with Crippen LogP contribution < -0.4 is 10.1 Å². The molecule has 0 aliphatic heterocycles. The molecule has 0 saturated heterocycles. The minimum absolute atomic E-state index is 0.0959. The molecule has 1 atom stereocenters. The Kier molecular flexibility index (Phi) is 5.20. The van der Waals surface area contributed by atoms with Crippen LogP contribution in [0, 0.1) is 16.7 Å². The molecular weight excluding hydrogens is 466 g/mol. The second kappa shape index (κ2) is 8.32. The SMILES string of the molecule is COc1ccc(Cc2csc(NC(=O)C3(C)CC4(C#N)c5ccccc5C3c3ccccc34)n2)cc1. The van der Waals surface area contributed by atoms with Gasteiger partial charge in [-0.2, -0.15) is 5.26 Å². The molecular formula is C30H25N3O2S. The summed E-state index contributed by atoms with van der Waals surface area (Å²) in [6.07, 6.45) is 1.11. The van der Waals surface area contributed by atoms with E-state index in [1.54, 1.807) is 7.11 Å². The summed E-state index contributed by atoms with van der Waals surface area (Å²) in [5.74, 6) is 0.596. The van der Waals surface area contributed by atoms with Gasteiger partial charge in [-0.05, 0) is 53.3 Å². The molecule has 6 heteroatoms. The number of aromatic nitrogens is 1. The van der Waals surface area contributed by atoms with E-state index in [1.165, 1.54) is 11.3 Å². The lowest BCUT2D eigenvalue weighted by molar-refractivity contribution is -0.127. The first-order chi connectivity index (χ1) is 17.5. The van der Waals surface area contributed by atoms with Gasteiger partial charge in [0.15, 0.2) is 5.13 Å². The summed E-state index contributed by atoms with van der Waals surface area (Å²) in [7, 11) is 1.65. The summed E-state index contributed by atoms with van der Waals surface area (Å²) in [5.41, 5.74) is 4.58. The molecule has 0 fully saturated rings.